The maximum atomic E-state index is 6.20. The Labute approximate surface area is 185 Å². The van der Waals surface area contributed by atoms with Crippen LogP contribution in [0.2, 0.25) is 15.1 Å². The molecule has 2 aromatic rings. The zero-order valence-corrected chi connectivity index (χ0v) is 22.4. The van der Waals surface area contributed by atoms with Crippen LogP contribution in [0.25, 0.3) is 5.69 Å². The van der Waals surface area contributed by atoms with Gasteiger partial charge >= 0.3 is 62.1 Å². The fourth-order valence-electron chi connectivity index (χ4n) is 1.74. The van der Waals surface area contributed by atoms with Crippen molar-refractivity contribution in [3.63, 3.8) is 0 Å². The van der Waals surface area contributed by atoms with Crippen LogP contribution >= 0.6 is 99.4 Å². The van der Waals surface area contributed by atoms with Crippen molar-refractivity contribution in [3.05, 3.63) is 44.7 Å². The van der Waals surface area contributed by atoms with Crippen molar-refractivity contribution in [1.29, 1.82) is 0 Å². The van der Waals surface area contributed by atoms with E-state index >= 15 is 0 Å². The number of benzene rings is 1. The average Bonchev–Trinajstić information content (AvgIpc) is 2.77. The van der Waals surface area contributed by atoms with E-state index in [1.807, 2.05) is 6.07 Å². The molecule has 1 aromatic carbocycles. The van der Waals surface area contributed by atoms with E-state index in [2.05, 4.69) is 12.0 Å². The molecule has 0 radical (unpaired) electrons. The number of hydrogen-bond donors (Lipinski definition) is 1. The molecule has 1 aromatic heterocycles. The minimum atomic E-state index is -5.42. The fourth-order valence-corrected chi connectivity index (χ4v) is 2.92. The number of aromatic amines is 1. The first-order valence-electron chi connectivity index (χ1n) is 6.42. The van der Waals surface area contributed by atoms with Crippen LogP contribution in [0.15, 0.2) is 18.2 Å². The standard InChI is InChI=1S/C12H10Cl4N2.6ClH.Sb/c1-2-8-5-9(6-13)18(17-8)12-10(15)3-7(14)4-11(12)16;;;;;;;/h3-5H,2,6H2,1H3;6*1H;/q;;;;;;;+5/p-5. The topological polar surface area (TPSA) is 19.7 Å². The van der Waals surface area contributed by atoms with Crippen molar-refractivity contribution in [2.24, 2.45) is 0 Å². The molecule has 2 nitrogen and oxygen atoms in total. The van der Waals surface area contributed by atoms with Crippen molar-refractivity contribution >= 4 is 109 Å². The van der Waals surface area contributed by atoms with Gasteiger partial charge in [0.25, 0.3) is 5.69 Å². The molecular formula is C12H11Cl10N2Sb. The third kappa shape index (κ3) is 10.5. The van der Waals surface area contributed by atoms with Crippen molar-refractivity contribution in [3.8, 4) is 5.69 Å². The molecule has 1 N–H and O–H groups in total. The van der Waals surface area contributed by atoms with Gasteiger partial charge in [0.15, 0.2) is 0 Å². The Hall–Kier alpha value is 2.15. The molecular weight excluding hydrogens is 648 g/mol. The fraction of sp³-hybridized carbons (Fsp3) is 0.250. The molecule has 13 heteroatoms. The minimum absolute atomic E-state index is 0.367. The third-order valence-corrected chi connectivity index (χ3v) is 3.67. The molecule has 0 unspecified atom stereocenters. The summed E-state index contributed by atoms with van der Waals surface area (Å²) in [6, 6.07) is 5.30. The molecule has 0 atom stereocenters. The molecule has 144 valence electrons. The Morgan fingerprint density at radius 3 is 1.72 bits per heavy atom. The van der Waals surface area contributed by atoms with E-state index in [-0.39, 0.29) is 0 Å². The molecule has 0 aliphatic rings. The monoisotopic (exact) mass is 654 g/mol. The second-order valence-corrected chi connectivity index (χ2v) is 63.2. The number of H-pyrrole nitrogens is 1. The number of rotatable bonds is 3. The first kappa shape index (κ1) is 25.2. The number of halogens is 10. The van der Waals surface area contributed by atoms with Crippen molar-refractivity contribution in [2.45, 2.75) is 19.2 Å². The second kappa shape index (κ2) is 8.48. The van der Waals surface area contributed by atoms with E-state index in [1.54, 1.807) is 16.8 Å². The van der Waals surface area contributed by atoms with Gasteiger partial charge in [0.2, 0.25) is 5.69 Å². The molecule has 25 heavy (non-hydrogen) atoms. The first-order chi connectivity index (χ1) is 11.0. The SMILES string of the molecule is CCc1cc(CCl)[n+](-c2c(Cl)cc(Cl)cc2Cl)[nH]1.[Cl][Sb-]([Cl])([Cl])([Cl])([Cl])[Cl]. The van der Waals surface area contributed by atoms with E-state index in [0.29, 0.717) is 26.6 Å². The quantitative estimate of drug-likeness (QED) is 0.194. The number of aromatic nitrogens is 2. The second-order valence-electron chi connectivity index (χ2n) is 4.77. The van der Waals surface area contributed by atoms with Gasteiger partial charge in [-0.2, -0.15) is 5.10 Å². The Balaban J connectivity index is 0.000000381. The summed E-state index contributed by atoms with van der Waals surface area (Å²) in [6.07, 6.45) is 0.875. The van der Waals surface area contributed by atoms with Crippen molar-refractivity contribution in [1.82, 2.24) is 5.10 Å². The van der Waals surface area contributed by atoms with Gasteiger partial charge in [-0.25, -0.2) is 0 Å². The van der Waals surface area contributed by atoms with E-state index < -0.39 is 9.14 Å². The summed E-state index contributed by atoms with van der Waals surface area (Å²) < 4.78 is 1.80. The molecule has 1 heterocycles. The van der Waals surface area contributed by atoms with Crippen molar-refractivity contribution in [2.75, 3.05) is 0 Å². The molecule has 0 fully saturated rings. The van der Waals surface area contributed by atoms with Crippen LogP contribution in [0.4, 0.5) is 0 Å². The van der Waals surface area contributed by atoms with Crippen molar-refractivity contribution < 1.29 is 4.68 Å². The number of alkyl halides is 1. The molecule has 2 rings (SSSR count). The van der Waals surface area contributed by atoms with Crippen LogP contribution in [0, 0.1) is 0 Å². The van der Waals surface area contributed by atoms with Gasteiger partial charge in [-0.1, -0.05) is 46.4 Å². The van der Waals surface area contributed by atoms with Crippen LogP contribution in [0.1, 0.15) is 18.3 Å². The molecule has 0 aliphatic heterocycles. The first-order valence-corrected chi connectivity index (χ1v) is 27.5. The van der Waals surface area contributed by atoms with Gasteiger partial charge < -0.3 is 0 Å². The number of nitrogens with zero attached hydrogens (tertiary/aromatic N) is 1. The summed E-state index contributed by atoms with van der Waals surface area (Å²) in [5, 5.41) is 4.68. The van der Waals surface area contributed by atoms with Gasteiger partial charge in [-0.05, 0) is 18.6 Å². The number of hydrogen-bond acceptors (Lipinski definition) is 0. The Bertz CT molecular complexity index is 732. The normalized spacial score (nSPS) is 14.4. The Morgan fingerprint density at radius 2 is 1.36 bits per heavy atom. The van der Waals surface area contributed by atoms with E-state index in [1.165, 1.54) is 0 Å². The number of nitrogens with one attached hydrogen (secondary N) is 1. The summed E-state index contributed by atoms with van der Waals surface area (Å²) in [5.74, 6) is 0.367. The van der Waals surface area contributed by atoms with Gasteiger partial charge in [0.1, 0.15) is 15.9 Å². The maximum absolute atomic E-state index is 6.20. The summed E-state index contributed by atoms with van der Waals surface area (Å²) in [7, 11) is 25.0. The molecule has 0 bridgehead atoms. The van der Waals surface area contributed by atoms with Gasteiger partial charge in [-0.3, -0.25) is 0 Å². The van der Waals surface area contributed by atoms with Gasteiger partial charge in [0, 0.05) is 11.1 Å². The summed E-state index contributed by atoms with van der Waals surface area (Å²) >= 11 is 24.2. The Morgan fingerprint density at radius 1 is 0.920 bits per heavy atom. The summed E-state index contributed by atoms with van der Waals surface area (Å²) in [5.41, 5.74) is 2.63. The van der Waals surface area contributed by atoms with Gasteiger partial charge in [-0.15, -0.1) is 11.6 Å². The van der Waals surface area contributed by atoms with E-state index in [9.17, 15) is 0 Å². The predicted octanol–water partition coefficient (Wildman–Crippen LogP) is 8.31. The third-order valence-electron chi connectivity index (χ3n) is 2.61. The zero-order chi connectivity index (χ0) is 19.7. The predicted molar refractivity (Wildman–Crippen MR) is 117 cm³/mol. The van der Waals surface area contributed by atoms with Crippen LogP contribution in [-0.4, -0.2) is 14.2 Å². The van der Waals surface area contributed by atoms with E-state index in [0.717, 1.165) is 17.8 Å². The molecule has 0 amide bonds. The number of aryl methyl sites for hydroxylation is 1. The van der Waals surface area contributed by atoms with Crippen LogP contribution < -0.4 is 4.68 Å². The van der Waals surface area contributed by atoms with Gasteiger partial charge in [0.05, 0.1) is 5.69 Å². The van der Waals surface area contributed by atoms with E-state index in [4.69, 9.17) is 99.4 Å². The Kier molecular flexibility index (Phi) is 8.55. The molecule has 0 saturated heterocycles. The summed E-state index contributed by atoms with van der Waals surface area (Å²) in [4.78, 5) is 0. The molecule has 0 saturated carbocycles. The summed E-state index contributed by atoms with van der Waals surface area (Å²) in [6.45, 7) is 2.05. The molecule has 0 spiro atoms. The average molecular weight is 660 g/mol. The van der Waals surface area contributed by atoms with Crippen LogP contribution in [0.5, 0.6) is 0 Å². The zero-order valence-electron chi connectivity index (χ0n) is 12.3. The van der Waals surface area contributed by atoms with Crippen LogP contribution in [-0.2, 0) is 12.3 Å². The molecule has 0 aliphatic carbocycles. The van der Waals surface area contributed by atoms with Crippen LogP contribution in [0.3, 0.4) is 0 Å².